The molecule has 1 aliphatic rings. The van der Waals surface area contributed by atoms with Crippen molar-refractivity contribution in [3.8, 4) is 12.1 Å². The molecule has 0 radical (unpaired) electrons. The van der Waals surface area contributed by atoms with Crippen LogP contribution in [0.5, 0.6) is 0 Å². The molecule has 2 heterocycles. The van der Waals surface area contributed by atoms with Crippen LogP contribution >= 0.6 is 11.8 Å². The fourth-order valence-electron chi connectivity index (χ4n) is 2.80. The maximum atomic E-state index is 12.3. The Morgan fingerprint density at radius 2 is 2.08 bits per heavy atom. The molecule has 0 aromatic carbocycles. The molecule has 1 atom stereocenters. The monoisotopic (exact) mass is 372 g/mol. The summed E-state index contributed by atoms with van der Waals surface area (Å²) < 4.78 is 1.68. The van der Waals surface area contributed by atoms with Crippen LogP contribution in [0.3, 0.4) is 0 Å². The quantitative estimate of drug-likeness (QED) is 0.830. The summed E-state index contributed by atoms with van der Waals surface area (Å²) in [5.41, 5.74) is 1.59. The van der Waals surface area contributed by atoms with Crippen LogP contribution in [0.1, 0.15) is 25.2 Å². The number of aromatic nitrogens is 2. The lowest BCUT2D eigenvalue weighted by Crippen LogP contribution is -2.44. The van der Waals surface area contributed by atoms with E-state index in [0.717, 1.165) is 17.5 Å². The van der Waals surface area contributed by atoms with Gasteiger partial charge in [-0.25, -0.2) is 0 Å². The van der Waals surface area contributed by atoms with Crippen LogP contribution < -0.4 is 10.6 Å². The van der Waals surface area contributed by atoms with Gasteiger partial charge in [-0.15, -0.1) is 0 Å². The molecule has 0 saturated heterocycles. The Hall–Kier alpha value is -2.78. The average Bonchev–Trinajstić information content (AvgIpc) is 2.78. The molecule has 2 amide bonds. The highest BCUT2D eigenvalue weighted by Crippen LogP contribution is 2.41. The van der Waals surface area contributed by atoms with Gasteiger partial charge in [0, 0.05) is 12.5 Å². The van der Waals surface area contributed by atoms with Crippen molar-refractivity contribution in [2.24, 2.45) is 18.4 Å². The predicted molar refractivity (Wildman–Crippen MR) is 97.4 cm³/mol. The molecule has 1 aliphatic heterocycles. The minimum absolute atomic E-state index is 0.0157. The Morgan fingerprint density at radius 3 is 2.58 bits per heavy atom. The number of aryl methyl sites for hydroxylation is 2. The number of nitrogens with one attached hydrogen (secondary N) is 2. The minimum Gasteiger partial charge on any atom is -0.322 e. The molecular formula is C17H20N6O2S. The Balaban J connectivity index is 2.16. The zero-order valence-electron chi connectivity index (χ0n) is 15.3. The molecule has 0 spiro atoms. The third-order valence-electron chi connectivity index (χ3n) is 4.45. The summed E-state index contributed by atoms with van der Waals surface area (Å²) in [5, 5.41) is 28.6. The van der Waals surface area contributed by atoms with Gasteiger partial charge >= 0.3 is 0 Å². The van der Waals surface area contributed by atoms with Crippen LogP contribution in [-0.4, -0.2) is 27.3 Å². The number of rotatable bonds is 4. The van der Waals surface area contributed by atoms with Gasteiger partial charge in [-0.2, -0.15) is 15.6 Å². The first-order valence-corrected chi connectivity index (χ1v) is 8.90. The Morgan fingerprint density at radius 1 is 1.42 bits per heavy atom. The van der Waals surface area contributed by atoms with Crippen LogP contribution in [0.4, 0.5) is 5.69 Å². The van der Waals surface area contributed by atoms with Crippen molar-refractivity contribution in [2.45, 2.75) is 27.7 Å². The first-order valence-electron chi connectivity index (χ1n) is 7.91. The summed E-state index contributed by atoms with van der Waals surface area (Å²) in [6.07, 6.45) is 0. The summed E-state index contributed by atoms with van der Waals surface area (Å²) in [6.45, 7) is 7.02. The summed E-state index contributed by atoms with van der Waals surface area (Å²) in [5.74, 6) is -1.66. The number of carbonyl (C=O) groups is 2. The second-order valence-corrected chi connectivity index (χ2v) is 7.58. The maximum Gasteiger partial charge on any atom is 0.243 e. The van der Waals surface area contributed by atoms with E-state index >= 15 is 0 Å². The fraction of sp³-hybridized carbons (Fsp3) is 0.471. The fourth-order valence-corrected chi connectivity index (χ4v) is 3.78. The number of allylic oxidation sites excluding steroid dienone is 1. The normalized spacial score (nSPS) is 18.7. The molecule has 1 aromatic heterocycles. The molecule has 0 aliphatic carbocycles. The lowest BCUT2D eigenvalue weighted by Gasteiger charge is -2.34. The van der Waals surface area contributed by atoms with E-state index in [-0.39, 0.29) is 11.7 Å². The summed E-state index contributed by atoms with van der Waals surface area (Å²) in [6, 6.07) is 4.02. The largest absolute Gasteiger partial charge is 0.322 e. The zero-order valence-corrected chi connectivity index (χ0v) is 16.1. The standard InChI is InChI=1S/C17H20N6O2S/c1-9-14(10(2)23(5)22-9)20-13(24)8-26-16-12(7-19)17(3,4)11(6-18)15(25)21-16/h11H,8H2,1-5H3,(H,20,24)(H,21,25)/t11-/m1/s1. The van der Waals surface area contributed by atoms with Gasteiger partial charge in [0.05, 0.1) is 45.6 Å². The lowest BCUT2D eigenvalue weighted by atomic mass is 9.72. The van der Waals surface area contributed by atoms with Crippen molar-refractivity contribution >= 4 is 29.3 Å². The number of anilines is 1. The van der Waals surface area contributed by atoms with E-state index in [2.05, 4.69) is 21.8 Å². The highest BCUT2D eigenvalue weighted by molar-refractivity contribution is 8.03. The van der Waals surface area contributed by atoms with Crippen molar-refractivity contribution in [2.75, 3.05) is 11.1 Å². The highest BCUT2D eigenvalue weighted by Gasteiger charge is 2.44. The summed E-state index contributed by atoms with van der Waals surface area (Å²) in [7, 11) is 1.79. The molecule has 26 heavy (non-hydrogen) atoms. The van der Waals surface area contributed by atoms with Crippen molar-refractivity contribution in [1.29, 1.82) is 10.5 Å². The lowest BCUT2D eigenvalue weighted by molar-refractivity contribution is -0.125. The Labute approximate surface area is 156 Å². The molecule has 8 nitrogen and oxygen atoms in total. The van der Waals surface area contributed by atoms with Crippen LogP contribution in [0.25, 0.3) is 0 Å². The predicted octanol–water partition coefficient (Wildman–Crippen LogP) is 1.74. The molecule has 0 saturated carbocycles. The van der Waals surface area contributed by atoms with E-state index in [1.165, 1.54) is 0 Å². The molecule has 0 bridgehead atoms. The van der Waals surface area contributed by atoms with E-state index in [0.29, 0.717) is 22.0 Å². The molecule has 0 fully saturated rings. The number of hydrogen-bond donors (Lipinski definition) is 2. The van der Waals surface area contributed by atoms with Crippen molar-refractivity contribution in [3.05, 3.63) is 22.0 Å². The van der Waals surface area contributed by atoms with E-state index in [1.807, 2.05) is 13.0 Å². The van der Waals surface area contributed by atoms with Crippen molar-refractivity contribution in [3.63, 3.8) is 0 Å². The number of amides is 2. The van der Waals surface area contributed by atoms with E-state index in [4.69, 9.17) is 0 Å². The molecular weight excluding hydrogens is 352 g/mol. The van der Waals surface area contributed by atoms with E-state index < -0.39 is 17.2 Å². The van der Waals surface area contributed by atoms with E-state index in [9.17, 15) is 20.1 Å². The molecule has 1 aromatic rings. The molecule has 2 N–H and O–H groups in total. The van der Waals surface area contributed by atoms with Crippen molar-refractivity contribution < 1.29 is 9.59 Å². The summed E-state index contributed by atoms with van der Waals surface area (Å²) >= 11 is 1.07. The maximum absolute atomic E-state index is 12.3. The second-order valence-electron chi connectivity index (χ2n) is 6.60. The second kappa shape index (κ2) is 7.22. The van der Waals surface area contributed by atoms with Crippen LogP contribution in [0.15, 0.2) is 10.6 Å². The SMILES string of the molecule is Cc1nn(C)c(C)c1NC(=O)CSC1=C(C#N)C(C)(C)[C@H](C#N)C(=O)N1. The number of hydrogen-bond acceptors (Lipinski definition) is 6. The van der Waals surface area contributed by atoms with Crippen LogP contribution in [0.2, 0.25) is 0 Å². The number of nitriles is 2. The van der Waals surface area contributed by atoms with Gasteiger partial charge in [0.15, 0.2) is 0 Å². The van der Waals surface area contributed by atoms with Gasteiger partial charge in [-0.1, -0.05) is 25.6 Å². The van der Waals surface area contributed by atoms with Gasteiger partial charge in [0.25, 0.3) is 0 Å². The molecule has 0 unspecified atom stereocenters. The van der Waals surface area contributed by atoms with E-state index in [1.54, 1.807) is 32.5 Å². The Kier molecular flexibility index (Phi) is 5.43. The van der Waals surface area contributed by atoms with Gasteiger partial charge in [0.2, 0.25) is 11.8 Å². The zero-order chi connectivity index (χ0) is 19.6. The highest BCUT2D eigenvalue weighted by atomic mass is 32.2. The first-order chi connectivity index (χ1) is 12.1. The van der Waals surface area contributed by atoms with Gasteiger partial charge < -0.3 is 10.6 Å². The van der Waals surface area contributed by atoms with Gasteiger partial charge in [-0.3, -0.25) is 14.3 Å². The number of thioether (sulfide) groups is 1. The van der Waals surface area contributed by atoms with Crippen LogP contribution in [0, 0.1) is 47.8 Å². The molecule has 9 heteroatoms. The first kappa shape index (κ1) is 19.5. The van der Waals surface area contributed by atoms with Crippen molar-refractivity contribution in [1.82, 2.24) is 15.1 Å². The number of carbonyl (C=O) groups excluding carboxylic acids is 2. The molecule has 136 valence electrons. The average molecular weight is 372 g/mol. The van der Waals surface area contributed by atoms with Gasteiger partial charge in [-0.05, 0) is 13.8 Å². The number of nitrogens with zero attached hydrogens (tertiary/aromatic N) is 4. The third kappa shape index (κ3) is 3.44. The van der Waals surface area contributed by atoms with Crippen LogP contribution in [-0.2, 0) is 16.6 Å². The smallest absolute Gasteiger partial charge is 0.243 e. The third-order valence-corrected chi connectivity index (χ3v) is 5.46. The topological polar surface area (TPSA) is 124 Å². The summed E-state index contributed by atoms with van der Waals surface area (Å²) in [4.78, 5) is 24.4. The minimum atomic E-state index is -0.948. The Bertz CT molecular complexity index is 884. The molecule has 2 rings (SSSR count). The van der Waals surface area contributed by atoms with Gasteiger partial charge in [0.1, 0.15) is 5.92 Å².